The van der Waals surface area contributed by atoms with Gasteiger partial charge in [0, 0.05) is 40.8 Å². The smallest absolute Gasteiger partial charge is 0.270 e. The molecule has 1 fully saturated rings. The van der Waals surface area contributed by atoms with E-state index in [1.54, 1.807) is 12.1 Å². The average Bonchev–Trinajstić information content (AvgIpc) is 3.01. The highest BCUT2D eigenvalue weighted by Crippen LogP contribution is 2.37. The van der Waals surface area contributed by atoms with Crippen LogP contribution in [0.1, 0.15) is 69.2 Å². The molecule has 0 spiro atoms. The first-order valence-corrected chi connectivity index (χ1v) is 9.70. The summed E-state index contributed by atoms with van der Waals surface area (Å²) in [5, 5.41) is 16.0. The molecule has 4 rings (SSSR count). The molecule has 2 aliphatic carbocycles. The zero-order chi connectivity index (χ0) is 17.4. The van der Waals surface area contributed by atoms with E-state index in [-0.39, 0.29) is 10.6 Å². The standard InChI is InChI=1S/C20H27N3O2/c1-2-13-6-8-14(9-7-13)21-19-5-3-4-16-17-12-15(23(24)25)10-11-18(17)22-20(16)19/h10-14,19,21-22H,2-9H2,1H3. The van der Waals surface area contributed by atoms with Crippen molar-refractivity contribution in [2.75, 3.05) is 0 Å². The Morgan fingerprint density at radius 2 is 2.04 bits per heavy atom. The van der Waals surface area contributed by atoms with Crippen LogP contribution in [0, 0.1) is 16.0 Å². The van der Waals surface area contributed by atoms with E-state index >= 15 is 0 Å². The van der Waals surface area contributed by atoms with Crippen molar-refractivity contribution >= 4 is 16.6 Å². The van der Waals surface area contributed by atoms with Crippen molar-refractivity contribution in [1.29, 1.82) is 0 Å². The lowest BCUT2D eigenvalue weighted by Crippen LogP contribution is -2.37. The summed E-state index contributed by atoms with van der Waals surface area (Å²) in [5.41, 5.74) is 3.75. The van der Waals surface area contributed by atoms with Crippen molar-refractivity contribution in [2.24, 2.45) is 5.92 Å². The number of nitro benzene ring substituents is 1. The highest BCUT2D eigenvalue weighted by Gasteiger charge is 2.28. The zero-order valence-electron chi connectivity index (χ0n) is 14.9. The number of hydrogen-bond acceptors (Lipinski definition) is 3. The minimum Gasteiger partial charge on any atom is -0.357 e. The van der Waals surface area contributed by atoms with Crippen LogP contribution in [0.15, 0.2) is 18.2 Å². The van der Waals surface area contributed by atoms with Gasteiger partial charge in [-0.3, -0.25) is 10.1 Å². The Balaban J connectivity index is 1.57. The Morgan fingerprint density at radius 3 is 2.76 bits per heavy atom. The molecule has 1 heterocycles. The molecular weight excluding hydrogens is 314 g/mol. The number of non-ortho nitro benzene ring substituents is 1. The van der Waals surface area contributed by atoms with Crippen molar-refractivity contribution in [2.45, 2.75) is 70.4 Å². The predicted molar refractivity (Wildman–Crippen MR) is 99.8 cm³/mol. The number of fused-ring (bicyclic) bond motifs is 3. The SMILES string of the molecule is CCC1CCC(NC2CCCc3c2[nH]c2ccc([N+](=O)[O-])cc32)CC1. The van der Waals surface area contributed by atoms with Crippen LogP contribution < -0.4 is 5.32 Å². The topological polar surface area (TPSA) is 71.0 Å². The Bertz CT molecular complexity index is 775. The van der Waals surface area contributed by atoms with E-state index in [0.717, 1.165) is 36.1 Å². The van der Waals surface area contributed by atoms with Gasteiger partial charge < -0.3 is 10.3 Å². The van der Waals surface area contributed by atoms with Gasteiger partial charge in [-0.1, -0.05) is 13.3 Å². The molecule has 1 aromatic heterocycles. The molecule has 0 bridgehead atoms. The van der Waals surface area contributed by atoms with Crippen LogP contribution in [0.5, 0.6) is 0 Å². The molecule has 1 aromatic carbocycles. The first-order chi connectivity index (χ1) is 12.2. The van der Waals surface area contributed by atoms with Crippen molar-refractivity contribution in [3.05, 3.63) is 39.6 Å². The maximum absolute atomic E-state index is 11.1. The second-order valence-electron chi connectivity index (χ2n) is 7.74. The maximum atomic E-state index is 11.1. The lowest BCUT2D eigenvalue weighted by Gasteiger charge is -2.33. The molecule has 1 unspecified atom stereocenters. The number of nitrogens with zero attached hydrogens (tertiary/aromatic N) is 1. The fourth-order valence-electron chi connectivity index (χ4n) is 4.75. The summed E-state index contributed by atoms with van der Waals surface area (Å²) in [6, 6.07) is 6.16. The quantitative estimate of drug-likeness (QED) is 0.606. The van der Waals surface area contributed by atoms with E-state index < -0.39 is 0 Å². The van der Waals surface area contributed by atoms with Crippen LogP contribution in [0.25, 0.3) is 10.9 Å². The monoisotopic (exact) mass is 341 g/mol. The molecule has 5 heteroatoms. The van der Waals surface area contributed by atoms with Gasteiger partial charge in [0.15, 0.2) is 0 Å². The first kappa shape index (κ1) is 16.6. The molecule has 25 heavy (non-hydrogen) atoms. The first-order valence-electron chi connectivity index (χ1n) is 9.70. The van der Waals surface area contributed by atoms with Gasteiger partial charge in [0.05, 0.1) is 4.92 Å². The summed E-state index contributed by atoms with van der Waals surface area (Å²) >= 11 is 0. The number of rotatable bonds is 4. The minimum absolute atomic E-state index is 0.183. The van der Waals surface area contributed by atoms with Crippen LogP contribution in [-0.4, -0.2) is 15.9 Å². The summed E-state index contributed by atoms with van der Waals surface area (Å²) in [5.74, 6) is 0.911. The van der Waals surface area contributed by atoms with E-state index in [4.69, 9.17) is 0 Å². The van der Waals surface area contributed by atoms with Crippen molar-refractivity contribution in [3.63, 3.8) is 0 Å². The van der Waals surface area contributed by atoms with Crippen molar-refractivity contribution in [1.82, 2.24) is 10.3 Å². The van der Waals surface area contributed by atoms with Gasteiger partial charge in [-0.2, -0.15) is 0 Å². The van der Waals surface area contributed by atoms with Crippen LogP contribution in [0.4, 0.5) is 5.69 Å². The number of aromatic amines is 1. The third kappa shape index (κ3) is 3.17. The number of nitrogens with one attached hydrogen (secondary N) is 2. The molecule has 134 valence electrons. The van der Waals surface area contributed by atoms with Gasteiger partial charge in [0.1, 0.15) is 0 Å². The minimum atomic E-state index is -0.302. The molecule has 0 saturated heterocycles. The second kappa shape index (κ2) is 6.79. The number of benzene rings is 1. The molecule has 2 aliphatic rings. The van der Waals surface area contributed by atoms with Crippen LogP contribution in [0.2, 0.25) is 0 Å². The van der Waals surface area contributed by atoms with E-state index in [9.17, 15) is 10.1 Å². The molecule has 2 aromatic rings. The molecule has 2 N–H and O–H groups in total. The lowest BCUT2D eigenvalue weighted by atomic mass is 9.83. The molecule has 0 amide bonds. The Morgan fingerprint density at radius 1 is 1.24 bits per heavy atom. The van der Waals surface area contributed by atoms with Gasteiger partial charge in [0.25, 0.3) is 5.69 Å². The molecular formula is C20H27N3O2. The zero-order valence-corrected chi connectivity index (χ0v) is 14.9. The summed E-state index contributed by atoms with van der Waals surface area (Å²) in [4.78, 5) is 14.4. The van der Waals surface area contributed by atoms with Crippen LogP contribution in [-0.2, 0) is 6.42 Å². The summed E-state index contributed by atoms with van der Waals surface area (Å²) in [6.07, 6.45) is 9.84. The third-order valence-corrected chi connectivity index (χ3v) is 6.26. The van der Waals surface area contributed by atoms with Crippen molar-refractivity contribution in [3.8, 4) is 0 Å². The summed E-state index contributed by atoms with van der Waals surface area (Å²) in [7, 11) is 0. The molecule has 0 radical (unpaired) electrons. The second-order valence-corrected chi connectivity index (χ2v) is 7.74. The summed E-state index contributed by atoms with van der Waals surface area (Å²) < 4.78 is 0. The van der Waals surface area contributed by atoms with Gasteiger partial charge in [-0.25, -0.2) is 0 Å². The van der Waals surface area contributed by atoms with Crippen molar-refractivity contribution < 1.29 is 4.92 Å². The van der Waals surface area contributed by atoms with E-state index in [0.29, 0.717) is 12.1 Å². The highest BCUT2D eigenvalue weighted by molar-refractivity contribution is 5.87. The number of nitro groups is 1. The Kier molecular flexibility index (Phi) is 4.50. The predicted octanol–water partition coefficient (Wildman–Crippen LogP) is 5.01. The normalized spacial score (nSPS) is 26.5. The molecule has 1 saturated carbocycles. The highest BCUT2D eigenvalue weighted by atomic mass is 16.6. The largest absolute Gasteiger partial charge is 0.357 e. The van der Waals surface area contributed by atoms with Gasteiger partial charge in [0.2, 0.25) is 0 Å². The fourth-order valence-corrected chi connectivity index (χ4v) is 4.75. The Hall–Kier alpha value is -1.88. The lowest BCUT2D eigenvalue weighted by molar-refractivity contribution is -0.384. The van der Waals surface area contributed by atoms with E-state index in [1.807, 2.05) is 6.07 Å². The summed E-state index contributed by atoms with van der Waals surface area (Å²) in [6.45, 7) is 2.30. The fraction of sp³-hybridized carbons (Fsp3) is 0.600. The number of H-pyrrole nitrogens is 1. The van der Waals surface area contributed by atoms with Crippen LogP contribution in [0.3, 0.4) is 0 Å². The molecule has 5 nitrogen and oxygen atoms in total. The maximum Gasteiger partial charge on any atom is 0.270 e. The molecule has 0 aliphatic heterocycles. The van der Waals surface area contributed by atoms with E-state index in [2.05, 4.69) is 17.2 Å². The number of aromatic nitrogens is 1. The Labute approximate surface area is 148 Å². The number of aryl methyl sites for hydroxylation is 1. The average molecular weight is 341 g/mol. The van der Waals surface area contributed by atoms with Gasteiger partial charge >= 0.3 is 0 Å². The van der Waals surface area contributed by atoms with E-state index in [1.165, 1.54) is 43.4 Å². The van der Waals surface area contributed by atoms with Gasteiger partial charge in [-0.15, -0.1) is 0 Å². The van der Waals surface area contributed by atoms with Gasteiger partial charge in [-0.05, 0) is 62.5 Å². The third-order valence-electron chi connectivity index (χ3n) is 6.26. The van der Waals surface area contributed by atoms with Crippen LogP contribution >= 0.6 is 0 Å². The number of hydrogen-bond donors (Lipinski definition) is 2. The molecule has 1 atom stereocenters.